The van der Waals surface area contributed by atoms with Crippen LogP contribution < -0.4 is 10.6 Å². The number of benzene rings is 3. The number of ketones is 2. The van der Waals surface area contributed by atoms with Crippen molar-refractivity contribution in [2.75, 3.05) is 23.8 Å². The molecule has 0 radical (unpaired) electrons. The third-order valence-corrected chi connectivity index (χ3v) is 6.54. The lowest BCUT2D eigenvalue weighted by Crippen LogP contribution is -2.26. The highest BCUT2D eigenvalue weighted by Gasteiger charge is 2.34. The zero-order valence-corrected chi connectivity index (χ0v) is 21.3. The number of fused-ring (bicyclic) bond motifs is 2. The van der Waals surface area contributed by atoms with E-state index in [1.165, 1.54) is 0 Å². The summed E-state index contributed by atoms with van der Waals surface area (Å²) in [5.41, 5.74) is 6.13. The van der Waals surface area contributed by atoms with E-state index in [1.807, 2.05) is 43.3 Å². The van der Waals surface area contributed by atoms with Gasteiger partial charge in [0.2, 0.25) is 0 Å². The van der Waals surface area contributed by atoms with Gasteiger partial charge in [0, 0.05) is 28.5 Å². The molecule has 0 atom stereocenters. The van der Waals surface area contributed by atoms with Gasteiger partial charge in [-0.2, -0.15) is 0 Å². The zero-order valence-electron chi connectivity index (χ0n) is 21.3. The maximum Gasteiger partial charge on any atom is 0.196 e. The Bertz CT molecular complexity index is 1270. The predicted molar refractivity (Wildman–Crippen MR) is 147 cm³/mol. The van der Waals surface area contributed by atoms with E-state index in [0.717, 1.165) is 36.1 Å². The average molecular weight is 483 g/mol. The standard InChI is InChI=1S/C31H34N2O3/c1-5-22(6-2)32-26-15-16-27(29-28(26)30(34)24-9-7-8-10-25(24)31(29)35)33-23-13-11-21(12-14-23)17-18-36-19-20(3)4/h7-16,22,32-33H,3,5-6,17-19H2,1-2,4H3. The van der Waals surface area contributed by atoms with Crippen LogP contribution in [0.25, 0.3) is 0 Å². The van der Waals surface area contributed by atoms with E-state index in [9.17, 15) is 9.59 Å². The summed E-state index contributed by atoms with van der Waals surface area (Å²) in [6.45, 7) is 11.2. The molecule has 3 aromatic rings. The molecule has 36 heavy (non-hydrogen) atoms. The van der Waals surface area contributed by atoms with E-state index < -0.39 is 0 Å². The Balaban J connectivity index is 1.64. The van der Waals surface area contributed by atoms with E-state index in [4.69, 9.17) is 4.74 Å². The van der Waals surface area contributed by atoms with E-state index in [0.29, 0.717) is 46.8 Å². The molecule has 3 aromatic carbocycles. The summed E-state index contributed by atoms with van der Waals surface area (Å²) in [6.07, 6.45) is 2.66. The molecule has 5 heteroatoms. The normalized spacial score (nSPS) is 12.3. The summed E-state index contributed by atoms with van der Waals surface area (Å²) in [4.78, 5) is 27.3. The van der Waals surface area contributed by atoms with Crippen LogP contribution in [-0.2, 0) is 11.2 Å². The van der Waals surface area contributed by atoms with Gasteiger partial charge in [-0.05, 0) is 56.0 Å². The fourth-order valence-electron chi connectivity index (χ4n) is 4.51. The minimum absolute atomic E-state index is 0.123. The third-order valence-electron chi connectivity index (χ3n) is 6.54. The molecule has 0 aliphatic heterocycles. The minimum Gasteiger partial charge on any atom is -0.382 e. The topological polar surface area (TPSA) is 67.4 Å². The largest absolute Gasteiger partial charge is 0.382 e. The quantitative estimate of drug-likeness (QED) is 0.179. The third kappa shape index (κ3) is 5.42. The van der Waals surface area contributed by atoms with Crippen molar-refractivity contribution < 1.29 is 14.3 Å². The molecule has 0 amide bonds. The Labute approximate surface area is 213 Å². The monoisotopic (exact) mass is 482 g/mol. The SMILES string of the molecule is C=C(C)COCCc1ccc(Nc2ccc(NC(CC)CC)c3c2C(=O)c2ccccc2C3=O)cc1. The molecule has 0 spiro atoms. The number of hydrogen-bond donors (Lipinski definition) is 2. The van der Waals surface area contributed by atoms with Gasteiger partial charge in [0.25, 0.3) is 0 Å². The molecule has 1 aliphatic rings. The Morgan fingerprint density at radius 2 is 1.44 bits per heavy atom. The molecule has 2 N–H and O–H groups in total. The molecule has 0 saturated heterocycles. The number of nitrogens with one attached hydrogen (secondary N) is 2. The molecule has 0 heterocycles. The van der Waals surface area contributed by atoms with Gasteiger partial charge in [-0.25, -0.2) is 0 Å². The summed E-state index contributed by atoms with van der Waals surface area (Å²) < 4.78 is 5.60. The number of carbonyl (C=O) groups is 2. The molecular formula is C31H34N2O3. The lowest BCUT2D eigenvalue weighted by Gasteiger charge is -2.26. The first-order valence-corrected chi connectivity index (χ1v) is 12.6. The van der Waals surface area contributed by atoms with Gasteiger partial charge in [-0.15, -0.1) is 0 Å². The van der Waals surface area contributed by atoms with Crippen molar-refractivity contribution in [1.82, 2.24) is 0 Å². The van der Waals surface area contributed by atoms with Gasteiger partial charge in [0.1, 0.15) is 0 Å². The molecule has 4 rings (SSSR count). The molecule has 0 saturated carbocycles. The van der Waals surface area contributed by atoms with Crippen molar-refractivity contribution in [1.29, 1.82) is 0 Å². The zero-order chi connectivity index (χ0) is 25.7. The van der Waals surface area contributed by atoms with Crippen LogP contribution in [0.1, 0.15) is 71.0 Å². The minimum atomic E-state index is -0.137. The van der Waals surface area contributed by atoms with Gasteiger partial charge >= 0.3 is 0 Å². The molecule has 0 aromatic heterocycles. The highest BCUT2D eigenvalue weighted by atomic mass is 16.5. The van der Waals surface area contributed by atoms with Crippen molar-refractivity contribution in [2.45, 2.75) is 46.1 Å². The van der Waals surface area contributed by atoms with Crippen LogP contribution >= 0.6 is 0 Å². The first-order chi connectivity index (χ1) is 17.4. The Hall–Kier alpha value is -3.70. The second-order valence-corrected chi connectivity index (χ2v) is 9.35. The van der Waals surface area contributed by atoms with Crippen LogP contribution in [0.4, 0.5) is 17.1 Å². The second kappa shape index (κ2) is 11.4. The second-order valence-electron chi connectivity index (χ2n) is 9.35. The predicted octanol–water partition coefficient (Wildman–Crippen LogP) is 6.94. The van der Waals surface area contributed by atoms with E-state index in [-0.39, 0.29) is 17.6 Å². The van der Waals surface area contributed by atoms with Gasteiger partial charge in [-0.1, -0.05) is 62.4 Å². The fourth-order valence-corrected chi connectivity index (χ4v) is 4.51. The highest BCUT2D eigenvalue weighted by molar-refractivity contribution is 6.32. The van der Waals surface area contributed by atoms with E-state index in [2.05, 4.69) is 31.1 Å². The Morgan fingerprint density at radius 1 is 0.861 bits per heavy atom. The van der Waals surface area contributed by atoms with Crippen LogP contribution in [0, 0.1) is 0 Å². The van der Waals surface area contributed by atoms with Crippen LogP contribution in [0.3, 0.4) is 0 Å². The molecule has 1 aliphatic carbocycles. The van der Waals surface area contributed by atoms with Crippen molar-refractivity contribution in [3.63, 3.8) is 0 Å². The first kappa shape index (κ1) is 25.4. The number of rotatable bonds is 11. The summed E-state index contributed by atoms with van der Waals surface area (Å²) in [5, 5.41) is 6.89. The molecule has 0 unspecified atom stereocenters. The van der Waals surface area contributed by atoms with Crippen LogP contribution in [-0.4, -0.2) is 30.8 Å². The summed E-state index contributed by atoms with van der Waals surface area (Å²) in [7, 11) is 0. The van der Waals surface area contributed by atoms with Crippen molar-refractivity contribution in [3.05, 3.63) is 101 Å². The van der Waals surface area contributed by atoms with E-state index in [1.54, 1.807) is 24.3 Å². The van der Waals surface area contributed by atoms with Crippen LogP contribution in [0.2, 0.25) is 0 Å². The van der Waals surface area contributed by atoms with Crippen molar-refractivity contribution in [2.24, 2.45) is 0 Å². The maximum absolute atomic E-state index is 13.7. The summed E-state index contributed by atoms with van der Waals surface area (Å²) >= 11 is 0. The van der Waals surface area contributed by atoms with E-state index >= 15 is 0 Å². The van der Waals surface area contributed by atoms with Gasteiger partial charge in [0.05, 0.1) is 30.0 Å². The van der Waals surface area contributed by atoms with Gasteiger partial charge in [0.15, 0.2) is 11.6 Å². The Morgan fingerprint density at radius 3 is 2.03 bits per heavy atom. The molecule has 0 fully saturated rings. The fraction of sp³-hybridized carbons (Fsp3) is 0.290. The smallest absolute Gasteiger partial charge is 0.196 e. The van der Waals surface area contributed by atoms with Crippen molar-refractivity contribution >= 4 is 28.6 Å². The number of hydrogen-bond acceptors (Lipinski definition) is 5. The number of anilines is 3. The number of ether oxygens (including phenoxy) is 1. The van der Waals surface area contributed by atoms with Crippen LogP contribution in [0.5, 0.6) is 0 Å². The molecular weight excluding hydrogens is 448 g/mol. The molecule has 0 bridgehead atoms. The number of carbonyl (C=O) groups excluding carboxylic acids is 2. The summed E-state index contributed by atoms with van der Waals surface area (Å²) in [6, 6.07) is 19.2. The van der Waals surface area contributed by atoms with Gasteiger partial charge in [-0.3, -0.25) is 9.59 Å². The maximum atomic E-state index is 13.7. The summed E-state index contributed by atoms with van der Waals surface area (Å²) in [5.74, 6) is -0.260. The average Bonchev–Trinajstić information content (AvgIpc) is 2.89. The lowest BCUT2D eigenvalue weighted by atomic mass is 9.82. The van der Waals surface area contributed by atoms with Gasteiger partial charge < -0.3 is 15.4 Å². The van der Waals surface area contributed by atoms with Crippen LogP contribution in [0.15, 0.2) is 72.8 Å². The highest BCUT2D eigenvalue weighted by Crippen LogP contribution is 2.38. The molecule has 186 valence electrons. The molecule has 5 nitrogen and oxygen atoms in total. The lowest BCUT2D eigenvalue weighted by molar-refractivity contribution is 0.0980. The Kier molecular flexibility index (Phi) is 8.01. The van der Waals surface area contributed by atoms with Crippen molar-refractivity contribution in [3.8, 4) is 0 Å². The first-order valence-electron chi connectivity index (χ1n) is 12.6.